The first kappa shape index (κ1) is 29.6. The number of benzene rings is 1. The average Bonchev–Trinajstić information content (AvgIpc) is 3.44. The summed E-state index contributed by atoms with van der Waals surface area (Å²) in [4.78, 5) is 58.3. The Balaban J connectivity index is 1.73. The number of nitrogens with two attached hydrogens (primary N) is 1. The summed E-state index contributed by atoms with van der Waals surface area (Å²) in [5, 5.41) is 2.93. The van der Waals surface area contributed by atoms with Crippen LogP contribution in [0.15, 0.2) is 24.3 Å². The second-order valence-corrected chi connectivity index (χ2v) is 11.4. The molecule has 3 rings (SSSR count). The number of hydrogen-bond acceptors (Lipinski definition) is 6. The molecule has 0 aromatic heterocycles. The van der Waals surface area contributed by atoms with Crippen molar-refractivity contribution in [3.63, 3.8) is 0 Å². The Morgan fingerprint density at radius 3 is 2.13 bits per heavy atom. The molecule has 4 atom stereocenters. The fourth-order valence-electron chi connectivity index (χ4n) is 5.73. The lowest BCUT2D eigenvalue weighted by molar-refractivity contribution is -0.138. The minimum atomic E-state index is -0.760. The van der Waals surface area contributed by atoms with Crippen LogP contribution in [0.25, 0.3) is 0 Å². The van der Waals surface area contributed by atoms with E-state index in [-0.39, 0.29) is 47.9 Å². The molecule has 3 amide bonds. The molecule has 9 heteroatoms. The largest absolute Gasteiger partial charge is 0.372 e. The van der Waals surface area contributed by atoms with Gasteiger partial charge in [-0.3, -0.25) is 19.2 Å². The van der Waals surface area contributed by atoms with Gasteiger partial charge in [-0.2, -0.15) is 0 Å². The van der Waals surface area contributed by atoms with Gasteiger partial charge in [0.2, 0.25) is 11.8 Å². The molecule has 0 spiro atoms. The van der Waals surface area contributed by atoms with Crippen LogP contribution < -0.4 is 16.0 Å². The van der Waals surface area contributed by atoms with Crippen molar-refractivity contribution in [2.75, 3.05) is 31.1 Å². The molecule has 2 saturated heterocycles. The highest BCUT2D eigenvalue weighted by molar-refractivity contribution is 6.01. The topological polar surface area (TPSA) is 116 Å². The van der Waals surface area contributed by atoms with E-state index in [1.165, 1.54) is 0 Å². The summed E-state index contributed by atoms with van der Waals surface area (Å²) >= 11 is 0. The van der Waals surface area contributed by atoms with Gasteiger partial charge in [-0.05, 0) is 69.2 Å². The predicted molar refractivity (Wildman–Crippen MR) is 149 cm³/mol. The minimum Gasteiger partial charge on any atom is -0.372 e. The summed E-state index contributed by atoms with van der Waals surface area (Å²) in [5.41, 5.74) is 7.66. The van der Waals surface area contributed by atoms with Crippen molar-refractivity contribution < 1.29 is 19.2 Å². The van der Waals surface area contributed by atoms with Crippen molar-refractivity contribution in [2.24, 2.45) is 17.6 Å². The molecule has 9 nitrogen and oxygen atoms in total. The van der Waals surface area contributed by atoms with E-state index in [0.29, 0.717) is 31.4 Å². The van der Waals surface area contributed by atoms with Crippen LogP contribution in [0.2, 0.25) is 0 Å². The van der Waals surface area contributed by atoms with Crippen molar-refractivity contribution in [3.8, 4) is 0 Å². The zero-order valence-electron chi connectivity index (χ0n) is 23.8. The highest BCUT2D eigenvalue weighted by Gasteiger charge is 2.52. The molecular weight excluding hydrogens is 482 g/mol. The molecule has 0 saturated carbocycles. The number of fused-ring (bicyclic) bond motifs is 1. The zero-order chi connectivity index (χ0) is 28.1. The number of nitrogens with one attached hydrogen (secondary N) is 1. The van der Waals surface area contributed by atoms with Crippen LogP contribution in [-0.2, 0) is 14.4 Å². The Morgan fingerprint density at radius 1 is 0.974 bits per heavy atom. The quantitative estimate of drug-likeness (QED) is 0.457. The Labute approximate surface area is 227 Å². The normalized spacial score (nSPS) is 20.6. The first-order chi connectivity index (χ1) is 18.0. The van der Waals surface area contributed by atoms with Crippen LogP contribution in [0.1, 0.15) is 71.2 Å². The number of Topliss-reactive ketones (excluding diaryl/α,β-unsaturated/α-hetero) is 1. The molecule has 0 aliphatic carbocycles. The molecule has 0 radical (unpaired) electrons. The molecular formula is C29H45N5O4. The third-order valence-corrected chi connectivity index (χ3v) is 7.60. The molecule has 38 heavy (non-hydrogen) atoms. The van der Waals surface area contributed by atoms with Crippen LogP contribution in [0.5, 0.6) is 0 Å². The van der Waals surface area contributed by atoms with Crippen LogP contribution in [0, 0.1) is 11.8 Å². The van der Waals surface area contributed by atoms with Gasteiger partial charge in [0.15, 0.2) is 5.78 Å². The first-order valence-electron chi connectivity index (χ1n) is 14.0. The third-order valence-electron chi connectivity index (χ3n) is 7.60. The molecule has 2 fully saturated rings. The number of carbonyl (C=O) groups excluding carboxylic acids is 4. The van der Waals surface area contributed by atoms with Crippen molar-refractivity contribution in [3.05, 3.63) is 29.8 Å². The zero-order valence-corrected chi connectivity index (χ0v) is 23.8. The van der Waals surface area contributed by atoms with Crippen molar-refractivity contribution in [1.29, 1.82) is 0 Å². The second-order valence-electron chi connectivity index (χ2n) is 11.4. The Bertz CT molecular complexity index is 1000. The smallest absolute Gasteiger partial charge is 0.251 e. The Morgan fingerprint density at radius 2 is 1.58 bits per heavy atom. The molecule has 210 valence electrons. The molecule has 1 aromatic rings. The lowest BCUT2D eigenvalue weighted by atomic mass is 10.0. The summed E-state index contributed by atoms with van der Waals surface area (Å²) in [5.74, 6) is -0.548. The van der Waals surface area contributed by atoms with Gasteiger partial charge in [0.1, 0.15) is 12.1 Å². The van der Waals surface area contributed by atoms with E-state index in [9.17, 15) is 19.2 Å². The molecule has 2 heterocycles. The number of amides is 3. The van der Waals surface area contributed by atoms with E-state index >= 15 is 0 Å². The highest BCUT2D eigenvalue weighted by Crippen LogP contribution is 2.31. The van der Waals surface area contributed by atoms with E-state index in [1.54, 1.807) is 21.9 Å². The van der Waals surface area contributed by atoms with E-state index in [2.05, 4.69) is 24.1 Å². The van der Waals surface area contributed by atoms with Crippen LogP contribution in [-0.4, -0.2) is 83.7 Å². The summed E-state index contributed by atoms with van der Waals surface area (Å²) in [6, 6.07) is 4.92. The van der Waals surface area contributed by atoms with E-state index in [1.807, 2.05) is 39.8 Å². The van der Waals surface area contributed by atoms with Gasteiger partial charge in [0, 0.05) is 30.9 Å². The maximum absolute atomic E-state index is 13.7. The monoisotopic (exact) mass is 527 g/mol. The number of ketones is 1. The molecule has 2 aliphatic heterocycles. The van der Waals surface area contributed by atoms with Crippen LogP contribution >= 0.6 is 0 Å². The number of hydrogen-bond donors (Lipinski definition) is 2. The van der Waals surface area contributed by atoms with Gasteiger partial charge in [-0.1, -0.05) is 27.7 Å². The maximum Gasteiger partial charge on any atom is 0.251 e. The van der Waals surface area contributed by atoms with Gasteiger partial charge in [-0.25, -0.2) is 0 Å². The van der Waals surface area contributed by atoms with Crippen LogP contribution in [0.3, 0.4) is 0 Å². The van der Waals surface area contributed by atoms with Crippen LogP contribution in [0.4, 0.5) is 5.69 Å². The van der Waals surface area contributed by atoms with Crippen molar-refractivity contribution in [1.82, 2.24) is 15.1 Å². The fraction of sp³-hybridized carbons (Fsp3) is 0.655. The minimum absolute atomic E-state index is 0.0240. The number of carbonyl (C=O) groups is 4. The number of likely N-dealkylation sites (tertiary alicyclic amines) is 2. The van der Waals surface area contributed by atoms with Gasteiger partial charge < -0.3 is 25.8 Å². The van der Waals surface area contributed by atoms with Crippen molar-refractivity contribution >= 4 is 29.2 Å². The molecule has 3 N–H and O–H groups in total. The summed E-state index contributed by atoms with van der Waals surface area (Å²) in [6.45, 7) is 14.2. The van der Waals surface area contributed by atoms with E-state index in [0.717, 1.165) is 18.8 Å². The SMILES string of the molecule is CCN(CC)c1ccc(C(=O)NC(CC(C)C)C(=O)N2CCC3C2C(=O)CN3C(=O)C(N)CC(C)C)cc1. The molecule has 4 unspecified atom stereocenters. The summed E-state index contributed by atoms with van der Waals surface area (Å²) in [7, 11) is 0. The van der Waals surface area contributed by atoms with E-state index in [4.69, 9.17) is 5.73 Å². The molecule has 0 bridgehead atoms. The van der Waals surface area contributed by atoms with Crippen molar-refractivity contribution in [2.45, 2.75) is 85.0 Å². The lowest BCUT2D eigenvalue weighted by Crippen LogP contribution is -2.53. The Kier molecular flexibility index (Phi) is 9.93. The first-order valence-corrected chi connectivity index (χ1v) is 14.0. The lowest BCUT2D eigenvalue weighted by Gasteiger charge is -2.29. The van der Waals surface area contributed by atoms with Gasteiger partial charge in [0.25, 0.3) is 5.91 Å². The van der Waals surface area contributed by atoms with Gasteiger partial charge in [-0.15, -0.1) is 0 Å². The third kappa shape index (κ3) is 6.54. The Hall–Kier alpha value is -2.94. The number of anilines is 1. The van der Waals surface area contributed by atoms with Gasteiger partial charge in [0.05, 0.1) is 18.6 Å². The fourth-order valence-corrected chi connectivity index (χ4v) is 5.73. The standard InChI is InChI=1S/C29H45N5O4/c1-7-32(8-2)21-11-9-20(10-12-21)27(36)31-23(16-19(5)6)29(38)33-14-13-24-26(33)25(35)17-34(24)28(37)22(30)15-18(3)4/h9-12,18-19,22-24,26H,7-8,13-17,30H2,1-6H3,(H,31,36). The second kappa shape index (κ2) is 12.7. The average molecular weight is 528 g/mol. The van der Waals surface area contributed by atoms with Gasteiger partial charge >= 0.3 is 0 Å². The van der Waals surface area contributed by atoms with E-state index < -0.39 is 18.1 Å². The number of nitrogens with zero attached hydrogens (tertiary/aromatic N) is 3. The molecule has 1 aromatic carbocycles. The highest BCUT2D eigenvalue weighted by atomic mass is 16.2. The molecule has 2 aliphatic rings. The maximum atomic E-state index is 13.7. The summed E-state index contributed by atoms with van der Waals surface area (Å²) < 4.78 is 0. The summed E-state index contributed by atoms with van der Waals surface area (Å²) in [6.07, 6.45) is 1.52. The number of rotatable bonds is 11. The predicted octanol–water partition coefficient (Wildman–Crippen LogP) is 2.43.